The standard InChI is InChI=1S/C23H28O4/c1-4-21(23(26)18-8-12-20(27-3)13-9-18)22(25)14-5-16(2)15-17-6-10-19(24)11-7-17/h4,6-13,15,21-26H,1,5,14H2,2-3H3/b16-15+/t21-,22-,23-/m1/s1. The molecule has 27 heavy (non-hydrogen) atoms. The second kappa shape index (κ2) is 9.95. The number of rotatable bonds is 9. The summed E-state index contributed by atoms with van der Waals surface area (Å²) in [5, 5.41) is 30.5. The van der Waals surface area contributed by atoms with Crippen molar-refractivity contribution in [3.05, 3.63) is 77.9 Å². The Morgan fingerprint density at radius 3 is 2.26 bits per heavy atom. The number of phenolic OH excluding ortho intramolecular Hbond substituents is 1. The predicted molar refractivity (Wildman–Crippen MR) is 109 cm³/mol. The Kier molecular flexibility index (Phi) is 7.65. The van der Waals surface area contributed by atoms with Crippen LogP contribution in [0.3, 0.4) is 0 Å². The van der Waals surface area contributed by atoms with E-state index >= 15 is 0 Å². The first-order chi connectivity index (χ1) is 12.9. The van der Waals surface area contributed by atoms with Crippen LogP contribution in [0.15, 0.2) is 66.8 Å². The number of phenols is 1. The third-order valence-corrected chi connectivity index (χ3v) is 4.68. The van der Waals surface area contributed by atoms with Gasteiger partial charge in [-0.2, -0.15) is 0 Å². The summed E-state index contributed by atoms with van der Waals surface area (Å²) in [4.78, 5) is 0. The average molecular weight is 368 g/mol. The van der Waals surface area contributed by atoms with E-state index in [2.05, 4.69) is 6.58 Å². The molecule has 0 spiro atoms. The van der Waals surface area contributed by atoms with Crippen LogP contribution in [0.25, 0.3) is 6.08 Å². The molecule has 4 heteroatoms. The molecule has 3 atom stereocenters. The van der Waals surface area contributed by atoms with Gasteiger partial charge in [0.15, 0.2) is 0 Å². The molecule has 3 N–H and O–H groups in total. The zero-order chi connectivity index (χ0) is 19.8. The van der Waals surface area contributed by atoms with Gasteiger partial charge in [-0.25, -0.2) is 0 Å². The fourth-order valence-corrected chi connectivity index (χ4v) is 3.01. The van der Waals surface area contributed by atoms with Gasteiger partial charge in [-0.05, 0) is 55.2 Å². The lowest BCUT2D eigenvalue weighted by Crippen LogP contribution is -2.25. The molecule has 0 unspecified atom stereocenters. The van der Waals surface area contributed by atoms with Gasteiger partial charge in [-0.15, -0.1) is 6.58 Å². The van der Waals surface area contributed by atoms with Crippen LogP contribution in [0.2, 0.25) is 0 Å². The Hall–Kier alpha value is -2.56. The number of hydrogen-bond acceptors (Lipinski definition) is 4. The first kappa shape index (κ1) is 20.7. The molecule has 0 saturated carbocycles. The Morgan fingerprint density at radius 2 is 1.70 bits per heavy atom. The molecule has 0 amide bonds. The lowest BCUT2D eigenvalue weighted by atomic mass is 9.88. The van der Waals surface area contributed by atoms with E-state index in [0.717, 1.165) is 22.4 Å². The van der Waals surface area contributed by atoms with E-state index in [-0.39, 0.29) is 5.75 Å². The summed E-state index contributed by atoms with van der Waals surface area (Å²) in [5.41, 5.74) is 2.83. The van der Waals surface area contributed by atoms with Crippen LogP contribution >= 0.6 is 0 Å². The van der Waals surface area contributed by atoms with Crippen molar-refractivity contribution in [3.8, 4) is 11.5 Å². The molecule has 0 fully saturated rings. The summed E-state index contributed by atoms with van der Waals surface area (Å²) in [5.74, 6) is 0.498. The molecule has 2 aromatic rings. The fraction of sp³-hybridized carbons (Fsp3) is 0.304. The molecule has 0 aliphatic rings. The number of aliphatic hydroxyl groups is 2. The van der Waals surface area contributed by atoms with Crippen molar-refractivity contribution in [1.29, 1.82) is 0 Å². The van der Waals surface area contributed by atoms with Gasteiger partial charge >= 0.3 is 0 Å². The summed E-state index contributed by atoms with van der Waals surface area (Å²) in [6, 6.07) is 14.1. The van der Waals surface area contributed by atoms with Gasteiger partial charge in [-0.3, -0.25) is 0 Å². The molecule has 4 nitrogen and oxygen atoms in total. The number of hydrogen-bond donors (Lipinski definition) is 3. The number of methoxy groups -OCH3 is 1. The fourth-order valence-electron chi connectivity index (χ4n) is 3.01. The molecule has 0 heterocycles. The number of allylic oxidation sites excluding steroid dienone is 1. The summed E-state index contributed by atoms with van der Waals surface area (Å²) < 4.78 is 5.13. The highest BCUT2D eigenvalue weighted by Crippen LogP contribution is 2.29. The Bertz CT molecular complexity index is 747. The van der Waals surface area contributed by atoms with Crippen molar-refractivity contribution in [2.75, 3.05) is 7.11 Å². The van der Waals surface area contributed by atoms with Gasteiger partial charge in [-0.1, -0.05) is 42.0 Å². The van der Waals surface area contributed by atoms with Crippen molar-refractivity contribution in [2.45, 2.75) is 32.0 Å². The normalized spacial score (nSPS) is 15.0. The molecular formula is C23H28O4. The van der Waals surface area contributed by atoms with E-state index in [4.69, 9.17) is 4.74 Å². The van der Waals surface area contributed by atoms with Gasteiger partial charge in [0.2, 0.25) is 0 Å². The molecule has 2 aromatic carbocycles. The minimum atomic E-state index is -0.829. The average Bonchev–Trinajstić information content (AvgIpc) is 2.68. The molecule has 0 radical (unpaired) electrons. The number of aromatic hydroxyl groups is 1. The molecule has 144 valence electrons. The predicted octanol–water partition coefficient (Wildman–Crippen LogP) is 4.48. The largest absolute Gasteiger partial charge is 0.508 e. The SMILES string of the molecule is C=C[C@H]([C@H](O)CC/C(C)=C/c1ccc(O)cc1)[C@H](O)c1ccc(OC)cc1. The molecular weight excluding hydrogens is 340 g/mol. The van der Waals surface area contributed by atoms with Gasteiger partial charge < -0.3 is 20.1 Å². The maximum atomic E-state index is 10.6. The lowest BCUT2D eigenvalue weighted by Gasteiger charge is -2.25. The van der Waals surface area contributed by atoms with E-state index < -0.39 is 18.1 Å². The number of aliphatic hydroxyl groups excluding tert-OH is 2. The van der Waals surface area contributed by atoms with Crippen molar-refractivity contribution >= 4 is 6.08 Å². The van der Waals surface area contributed by atoms with Crippen LogP contribution in [-0.4, -0.2) is 28.5 Å². The number of benzene rings is 2. The van der Waals surface area contributed by atoms with Crippen LogP contribution in [-0.2, 0) is 0 Å². The minimum absolute atomic E-state index is 0.238. The Labute approximate surface area is 161 Å². The van der Waals surface area contributed by atoms with Gasteiger partial charge in [0.1, 0.15) is 11.5 Å². The third-order valence-electron chi connectivity index (χ3n) is 4.68. The summed E-state index contributed by atoms with van der Waals surface area (Å²) in [6.07, 6.45) is 3.31. The highest BCUT2D eigenvalue weighted by atomic mass is 16.5. The van der Waals surface area contributed by atoms with Crippen molar-refractivity contribution in [3.63, 3.8) is 0 Å². The zero-order valence-corrected chi connectivity index (χ0v) is 15.9. The maximum Gasteiger partial charge on any atom is 0.118 e. The summed E-state index contributed by atoms with van der Waals surface area (Å²) in [6.45, 7) is 5.78. The second-order valence-electron chi connectivity index (χ2n) is 6.72. The van der Waals surface area contributed by atoms with Crippen LogP contribution in [0, 0.1) is 5.92 Å². The van der Waals surface area contributed by atoms with Gasteiger partial charge in [0.25, 0.3) is 0 Å². The first-order valence-corrected chi connectivity index (χ1v) is 9.03. The summed E-state index contributed by atoms with van der Waals surface area (Å²) in [7, 11) is 1.59. The van der Waals surface area contributed by atoms with Crippen LogP contribution < -0.4 is 4.74 Å². The van der Waals surface area contributed by atoms with Crippen molar-refractivity contribution < 1.29 is 20.1 Å². The van der Waals surface area contributed by atoms with Crippen LogP contribution in [0.5, 0.6) is 11.5 Å². The van der Waals surface area contributed by atoms with E-state index in [1.807, 2.05) is 25.1 Å². The van der Waals surface area contributed by atoms with E-state index in [9.17, 15) is 15.3 Å². The monoisotopic (exact) mass is 368 g/mol. The smallest absolute Gasteiger partial charge is 0.118 e. The number of ether oxygens (including phenoxy) is 1. The molecule has 0 aliphatic carbocycles. The minimum Gasteiger partial charge on any atom is -0.508 e. The van der Waals surface area contributed by atoms with E-state index in [1.165, 1.54) is 0 Å². The third kappa shape index (κ3) is 5.98. The molecule has 0 bridgehead atoms. The zero-order valence-electron chi connectivity index (χ0n) is 15.9. The Morgan fingerprint density at radius 1 is 1.07 bits per heavy atom. The first-order valence-electron chi connectivity index (χ1n) is 9.03. The highest BCUT2D eigenvalue weighted by Gasteiger charge is 2.25. The highest BCUT2D eigenvalue weighted by molar-refractivity contribution is 5.53. The van der Waals surface area contributed by atoms with E-state index in [1.54, 1.807) is 49.6 Å². The van der Waals surface area contributed by atoms with Crippen LogP contribution in [0.4, 0.5) is 0 Å². The Balaban J connectivity index is 1.97. The van der Waals surface area contributed by atoms with Crippen LogP contribution in [0.1, 0.15) is 37.0 Å². The molecule has 2 rings (SSSR count). The van der Waals surface area contributed by atoms with Gasteiger partial charge in [0.05, 0.1) is 19.3 Å². The topological polar surface area (TPSA) is 69.9 Å². The molecule has 0 aliphatic heterocycles. The van der Waals surface area contributed by atoms with Gasteiger partial charge in [0, 0.05) is 5.92 Å². The second-order valence-corrected chi connectivity index (χ2v) is 6.72. The molecule has 0 saturated heterocycles. The summed E-state index contributed by atoms with van der Waals surface area (Å²) >= 11 is 0. The van der Waals surface area contributed by atoms with Crippen molar-refractivity contribution in [1.82, 2.24) is 0 Å². The lowest BCUT2D eigenvalue weighted by molar-refractivity contribution is 0.0319. The maximum absolute atomic E-state index is 10.6. The van der Waals surface area contributed by atoms with E-state index in [0.29, 0.717) is 12.8 Å². The molecule has 0 aromatic heterocycles. The van der Waals surface area contributed by atoms with Crippen molar-refractivity contribution in [2.24, 2.45) is 5.92 Å². The quantitative estimate of drug-likeness (QED) is 0.571.